The lowest BCUT2D eigenvalue weighted by Gasteiger charge is -2.32. The first-order valence-electron chi connectivity index (χ1n) is 15.5. The van der Waals surface area contributed by atoms with Gasteiger partial charge in [0, 0.05) is 44.8 Å². The number of aliphatic carboxylic acids is 1. The van der Waals surface area contributed by atoms with Crippen molar-refractivity contribution < 1.29 is 43.5 Å². The fraction of sp³-hybridized carbons (Fsp3) is 0.571. The predicted octanol–water partition coefficient (Wildman–Crippen LogP) is 5.35. The van der Waals surface area contributed by atoms with Crippen molar-refractivity contribution in [3.8, 4) is 0 Å². The summed E-state index contributed by atoms with van der Waals surface area (Å²) in [5.41, 5.74) is 1.74. The fourth-order valence-corrected chi connectivity index (χ4v) is 5.76. The van der Waals surface area contributed by atoms with E-state index in [1.807, 2.05) is 71.1 Å². The summed E-state index contributed by atoms with van der Waals surface area (Å²) in [6.07, 6.45) is 13.2. The van der Waals surface area contributed by atoms with E-state index in [1.54, 1.807) is 26.4 Å². The van der Waals surface area contributed by atoms with Crippen LogP contribution in [0.3, 0.4) is 0 Å². The molecular weight excluding hydrogens is 578 g/mol. The van der Waals surface area contributed by atoms with Crippen LogP contribution in [0.4, 0.5) is 0 Å². The number of aliphatic hydroxyl groups is 2. The summed E-state index contributed by atoms with van der Waals surface area (Å²) in [5.74, 6) is -1.92. The molecule has 2 aliphatic rings. The van der Waals surface area contributed by atoms with Crippen molar-refractivity contribution in [3.05, 3.63) is 71.5 Å². The molecule has 0 aliphatic carbocycles. The molecule has 3 heterocycles. The first kappa shape index (κ1) is 36.2. The van der Waals surface area contributed by atoms with Gasteiger partial charge < -0.3 is 33.9 Å². The number of hydrogen-bond acceptors (Lipinski definition) is 9. The Balaban J connectivity index is 1.82. The Kier molecular flexibility index (Phi) is 13.1. The molecule has 0 bridgehead atoms. The zero-order valence-corrected chi connectivity index (χ0v) is 27.4. The van der Waals surface area contributed by atoms with Gasteiger partial charge in [0.25, 0.3) is 0 Å². The number of nitrogens with zero attached hydrogens (tertiary/aromatic N) is 1. The number of carboxylic acids is 1. The molecule has 9 atom stereocenters. The highest BCUT2D eigenvalue weighted by molar-refractivity contribution is 5.82. The van der Waals surface area contributed by atoms with Gasteiger partial charge in [0.2, 0.25) is 0 Å². The van der Waals surface area contributed by atoms with Crippen LogP contribution in [0.5, 0.6) is 0 Å². The number of carbonyl (C=O) groups excluding carboxylic acids is 1. The van der Waals surface area contributed by atoms with Crippen LogP contribution in [0.15, 0.2) is 64.4 Å². The summed E-state index contributed by atoms with van der Waals surface area (Å²) in [7, 11) is 1.60. The van der Waals surface area contributed by atoms with Crippen LogP contribution in [0.2, 0.25) is 0 Å². The van der Waals surface area contributed by atoms with Crippen LogP contribution in [0.25, 0.3) is 6.08 Å². The zero-order valence-electron chi connectivity index (χ0n) is 27.4. The molecule has 248 valence electrons. The Morgan fingerprint density at radius 1 is 1.24 bits per heavy atom. The Morgan fingerprint density at radius 3 is 2.62 bits per heavy atom. The van der Waals surface area contributed by atoms with Crippen LogP contribution in [0, 0.1) is 24.7 Å². The third kappa shape index (κ3) is 10.6. The van der Waals surface area contributed by atoms with Gasteiger partial charge in [-0.2, -0.15) is 0 Å². The lowest BCUT2D eigenvalue weighted by molar-refractivity contribution is -0.150. The van der Waals surface area contributed by atoms with Crippen molar-refractivity contribution in [1.82, 2.24) is 4.98 Å². The van der Waals surface area contributed by atoms with Crippen molar-refractivity contribution in [1.29, 1.82) is 0 Å². The van der Waals surface area contributed by atoms with Crippen molar-refractivity contribution in [2.75, 3.05) is 7.11 Å². The van der Waals surface area contributed by atoms with Gasteiger partial charge in [0.1, 0.15) is 29.8 Å². The number of aryl methyl sites for hydroxylation is 1. The van der Waals surface area contributed by atoms with Crippen LogP contribution in [0.1, 0.15) is 71.9 Å². The largest absolute Gasteiger partial charge is 0.481 e. The molecule has 45 heavy (non-hydrogen) atoms. The topological polar surface area (TPSA) is 152 Å². The maximum atomic E-state index is 13.0. The highest BCUT2D eigenvalue weighted by Gasteiger charge is 2.56. The van der Waals surface area contributed by atoms with Crippen molar-refractivity contribution in [2.24, 2.45) is 17.8 Å². The molecule has 10 heteroatoms. The quantitative estimate of drug-likeness (QED) is 0.141. The monoisotopic (exact) mass is 627 g/mol. The number of fused-ring (bicyclic) bond motifs is 1. The van der Waals surface area contributed by atoms with Crippen LogP contribution in [-0.4, -0.2) is 75.5 Å². The number of methoxy groups -OCH3 is 1. The number of carboxylic acid groups (broad SMARTS) is 1. The number of oxazole rings is 1. The van der Waals surface area contributed by atoms with Gasteiger partial charge in [-0.1, -0.05) is 50.3 Å². The Hall–Kier alpha value is -3.31. The standard InChI is InChI=1S/C35H49NO9/c1-21(16-27-20-43-25(5)36-27)10-8-11-23(3)34(42-7)24(4)29-19-30(38)35(6)31(45-35)15-14-22(2)28(37)17-26(18-32(39)40)12-9-13-33(41)44-29/h8-11,13-16,20,22,24,26,28-31,34,37-38H,12,17-19H2,1-7H3,(H,39,40)/b10-8+,13-9+,15-14+,21-16+,23-11+/t22-,24+,26-,28-,29+,30+,31-,34+,35-/m1/s1. The molecule has 2 aliphatic heterocycles. The van der Waals surface area contributed by atoms with E-state index in [1.165, 1.54) is 6.08 Å². The molecule has 0 unspecified atom stereocenters. The molecule has 0 spiro atoms. The Labute approximate surface area is 266 Å². The molecule has 0 radical (unpaired) electrons. The number of allylic oxidation sites excluding steroid dienone is 5. The highest BCUT2D eigenvalue weighted by Crippen LogP contribution is 2.43. The molecule has 0 amide bonds. The van der Waals surface area contributed by atoms with Gasteiger partial charge in [-0.15, -0.1) is 0 Å². The average Bonchev–Trinajstić information content (AvgIpc) is 3.47. The first-order valence-corrected chi connectivity index (χ1v) is 15.5. The highest BCUT2D eigenvalue weighted by atomic mass is 16.6. The number of epoxide rings is 1. The molecule has 1 aromatic heterocycles. The van der Waals surface area contributed by atoms with Crippen molar-refractivity contribution in [3.63, 3.8) is 0 Å². The predicted molar refractivity (Wildman–Crippen MR) is 170 cm³/mol. The Morgan fingerprint density at radius 2 is 1.98 bits per heavy atom. The van der Waals surface area contributed by atoms with Gasteiger partial charge in [-0.3, -0.25) is 4.79 Å². The normalized spacial score (nSPS) is 33.2. The summed E-state index contributed by atoms with van der Waals surface area (Å²) in [6, 6.07) is 0. The molecular formula is C35H49NO9. The fourth-order valence-electron chi connectivity index (χ4n) is 5.76. The van der Waals surface area contributed by atoms with E-state index >= 15 is 0 Å². The second kappa shape index (κ2) is 16.3. The minimum atomic E-state index is -0.967. The van der Waals surface area contributed by atoms with Gasteiger partial charge in [-0.05, 0) is 56.8 Å². The van der Waals surface area contributed by atoms with E-state index in [2.05, 4.69) is 4.98 Å². The van der Waals surface area contributed by atoms with Gasteiger partial charge in [0.05, 0.1) is 18.3 Å². The van der Waals surface area contributed by atoms with Crippen molar-refractivity contribution in [2.45, 2.75) is 103 Å². The zero-order chi connectivity index (χ0) is 33.3. The molecule has 1 saturated heterocycles. The van der Waals surface area contributed by atoms with E-state index < -0.39 is 42.0 Å². The number of ether oxygens (including phenoxy) is 3. The van der Waals surface area contributed by atoms with Crippen LogP contribution in [-0.2, 0) is 23.8 Å². The Bertz CT molecular complexity index is 1310. The minimum absolute atomic E-state index is 0.114. The first-order chi connectivity index (χ1) is 21.2. The number of hydrogen-bond donors (Lipinski definition) is 3. The van der Waals surface area contributed by atoms with Crippen molar-refractivity contribution >= 4 is 18.0 Å². The van der Waals surface area contributed by atoms with E-state index in [9.17, 15) is 24.9 Å². The van der Waals surface area contributed by atoms with Gasteiger partial charge >= 0.3 is 11.9 Å². The second-order valence-electron chi connectivity index (χ2n) is 12.6. The van der Waals surface area contributed by atoms with E-state index in [0.717, 1.165) is 16.8 Å². The molecule has 3 rings (SSSR count). The summed E-state index contributed by atoms with van der Waals surface area (Å²) < 4.78 is 22.9. The van der Waals surface area contributed by atoms with Crippen LogP contribution < -0.4 is 0 Å². The van der Waals surface area contributed by atoms with E-state index in [-0.39, 0.29) is 43.1 Å². The third-order valence-corrected chi connectivity index (χ3v) is 8.73. The number of carbonyl (C=O) groups is 2. The lowest BCUT2D eigenvalue weighted by atomic mass is 9.85. The second-order valence-corrected chi connectivity index (χ2v) is 12.6. The maximum absolute atomic E-state index is 13.0. The number of aliphatic hydroxyl groups excluding tert-OH is 2. The third-order valence-electron chi connectivity index (χ3n) is 8.73. The number of rotatable bonds is 9. The smallest absolute Gasteiger partial charge is 0.330 e. The molecule has 1 fully saturated rings. The molecule has 10 nitrogen and oxygen atoms in total. The SMILES string of the molecule is CO[C@@H](/C(C)=C/C=C/C(C)=C/c1coc(C)n1)[C@@H](C)[C@@H]1C[C@H](O)[C@@]2(C)O[C@@H]2/C=C/[C@@H](C)[C@H](O)C[C@H](CC(=O)O)C/C=C/C(=O)O1. The molecule has 3 N–H and O–H groups in total. The summed E-state index contributed by atoms with van der Waals surface area (Å²) in [4.78, 5) is 28.8. The maximum Gasteiger partial charge on any atom is 0.330 e. The number of esters is 1. The van der Waals surface area contributed by atoms with Gasteiger partial charge in [-0.25, -0.2) is 9.78 Å². The number of cyclic esters (lactones) is 1. The summed E-state index contributed by atoms with van der Waals surface area (Å²) in [5, 5.41) is 31.4. The lowest BCUT2D eigenvalue weighted by Crippen LogP contribution is -2.41. The van der Waals surface area contributed by atoms with Crippen LogP contribution >= 0.6 is 0 Å². The minimum Gasteiger partial charge on any atom is -0.481 e. The average molecular weight is 628 g/mol. The van der Waals surface area contributed by atoms with E-state index in [0.29, 0.717) is 12.3 Å². The van der Waals surface area contributed by atoms with Gasteiger partial charge in [0.15, 0.2) is 5.89 Å². The summed E-state index contributed by atoms with van der Waals surface area (Å²) >= 11 is 0. The molecule has 0 saturated carbocycles. The molecule has 1 aromatic rings. The number of aromatic nitrogens is 1. The van der Waals surface area contributed by atoms with E-state index in [4.69, 9.17) is 18.6 Å². The summed E-state index contributed by atoms with van der Waals surface area (Å²) in [6.45, 7) is 11.3. The molecule has 0 aromatic carbocycles.